The average molecular weight is 317 g/mol. The number of nitrogens with zero attached hydrogens (tertiary/aromatic N) is 1. The van der Waals surface area contributed by atoms with E-state index in [0.717, 1.165) is 19.1 Å². The number of carbonyl (C=O) groups is 2. The molecule has 1 aliphatic heterocycles. The zero-order chi connectivity index (χ0) is 17.1. The van der Waals surface area contributed by atoms with Gasteiger partial charge in [0.2, 0.25) is 0 Å². The Hall–Kier alpha value is -1.84. The molecule has 0 N–H and O–H groups in total. The van der Waals surface area contributed by atoms with Crippen molar-refractivity contribution >= 4 is 12.4 Å². The molecule has 1 amide bonds. The molecule has 2 rings (SSSR count). The fourth-order valence-corrected chi connectivity index (χ4v) is 3.12. The molecule has 1 aromatic rings. The molecule has 0 spiro atoms. The summed E-state index contributed by atoms with van der Waals surface area (Å²) in [4.78, 5) is 25.2. The predicted octanol–water partition coefficient (Wildman–Crippen LogP) is 3.85. The van der Waals surface area contributed by atoms with E-state index in [1.54, 1.807) is 4.90 Å². The second-order valence-corrected chi connectivity index (χ2v) is 7.48. The van der Waals surface area contributed by atoms with Crippen LogP contribution >= 0.6 is 0 Å². The number of aryl methyl sites for hydroxylation is 1. The van der Waals surface area contributed by atoms with Crippen LogP contribution in [0.1, 0.15) is 51.2 Å². The summed E-state index contributed by atoms with van der Waals surface area (Å²) in [6.45, 7) is 8.92. The van der Waals surface area contributed by atoms with Gasteiger partial charge in [0.05, 0.1) is 0 Å². The quantitative estimate of drug-likeness (QED) is 0.795. The summed E-state index contributed by atoms with van der Waals surface area (Å²) in [7, 11) is 0. The highest BCUT2D eigenvalue weighted by Gasteiger charge is 2.38. The molecular weight excluding hydrogens is 290 g/mol. The minimum Gasteiger partial charge on any atom is -0.444 e. The molecule has 1 aromatic carbocycles. The summed E-state index contributed by atoms with van der Waals surface area (Å²) >= 11 is 0. The van der Waals surface area contributed by atoms with Gasteiger partial charge in [-0.25, -0.2) is 4.79 Å². The van der Waals surface area contributed by atoms with Crippen molar-refractivity contribution in [1.82, 2.24) is 4.90 Å². The van der Waals surface area contributed by atoms with Crippen LogP contribution in [-0.2, 0) is 14.9 Å². The van der Waals surface area contributed by atoms with Crippen molar-refractivity contribution in [3.63, 3.8) is 0 Å². The van der Waals surface area contributed by atoms with Crippen molar-refractivity contribution in [1.29, 1.82) is 0 Å². The van der Waals surface area contributed by atoms with Crippen molar-refractivity contribution in [2.24, 2.45) is 0 Å². The number of likely N-dealkylation sites (tertiary alicyclic amines) is 1. The fraction of sp³-hybridized carbons (Fsp3) is 0.579. The van der Waals surface area contributed by atoms with Crippen molar-refractivity contribution in [3.05, 3.63) is 35.4 Å². The molecule has 1 aliphatic rings. The lowest BCUT2D eigenvalue weighted by Gasteiger charge is -2.41. The second kappa shape index (κ2) is 6.73. The summed E-state index contributed by atoms with van der Waals surface area (Å²) in [5.74, 6) is 0. The van der Waals surface area contributed by atoms with E-state index in [-0.39, 0.29) is 11.5 Å². The fourth-order valence-electron chi connectivity index (χ4n) is 3.12. The Morgan fingerprint density at radius 2 is 1.78 bits per heavy atom. The van der Waals surface area contributed by atoms with E-state index in [9.17, 15) is 9.59 Å². The van der Waals surface area contributed by atoms with E-state index in [1.807, 2.05) is 20.8 Å². The number of amides is 1. The zero-order valence-corrected chi connectivity index (χ0v) is 14.6. The second-order valence-electron chi connectivity index (χ2n) is 7.48. The number of hydrogen-bond acceptors (Lipinski definition) is 3. The van der Waals surface area contributed by atoms with Crippen LogP contribution in [0.5, 0.6) is 0 Å². The van der Waals surface area contributed by atoms with Crippen molar-refractivity contribution < 1.29 is 14.3 Å². The topological polar surface area (TPSA) is 46.6 Å². The van der Waals surface area contributed by atoms with Crippen LogP contribution in [0.4, 0.5) is 4.79 Å². The molecule has 0 saturated carbocycles. The summed E-state index contributed by atoms with van der Waals surface area (Å²) < 4.78 is 5.44. The standard InChI is InChI=1S/C19H27NO3/c1-15-5-7-16(8-6-15)19(11-14-21)9-12-20(13-10-19)17(22)23-18(2,3)4/h5-8,14H,9-13H2,1-4H3. The number of benzene rings is 1. The molecule has 0 aromatic heterocycles. The molecule has 23 heavy (non-hydrogen) atoms. The Kier molecular flexibility index (Phi) is 5.12. The van der Waals surface area contributed by atoms with Crippen molar-refractivity contribution in [2.75, 3.05) is 13.1 Å². The van der Waals surface area contributed by atoms with Crippen LogP contribution in [0.2, 0.25) is 0 Å². The number of aldehydes is 1. The summed E-state index contributed by atoms with van der Waals surface area (Å²) in [5.41, 5.74) is 1.76. The van der Waals surface area contributed by atoms with Gasteiger partial charge in [-0.2, -0.15) is 0 Å². The summed E-state index contributed by atoms with van der Waals surface area (Å²) in [6, 6.07) is 8.40. The van der Waals surface area contributed by atoms with Gasteiger partial charge in [0.15, 0.2) is 0 Å². The third-order valence-corrected chi connectivity index (χ3v) is 4.51. The maximum absolute atomic E-state index is 12.2. The largest absolute Gasteiger partial charge is 0.444 e. The van der Waals surface area contributed by atoms with Gasteiger partial charge in [0.25, 0.3) is 0 Å². The molecule has 0 radical (unpaired) electrons. The molecule has 1 fully saturated rings. The minimum absolute atomic E-state index is 0.159. The number of ether oxygens (including phenoxy) is 1. The smallest absolute Gasteiger partial charge is 0.410 e. The zero-order valence-electron chi connectivity index (χ0n) is 14.6. The first-order valence-corrected chi connectivity index (χ1v) is 8.24. The maximum atomic E-state index is 12.2. The molecule has 1 heterocycles. The van der Waals surface area contributed by atoms with Gasteiger partial charge < -0.3 is 14.4 Å². The highest BCUT2D eigenvalue weighted by Crippen LogP contribution is 2.38. The van der Waals surface area contributed by atoms with E-state index in [1.165, 1.54) is 11.1 Å². The third kappa shape index (κ3) is 4.34. The lowest BCUT2D eigenvalue weighted by atomic mass is 9.70. The molecule has 0 atom stereocenters. The van der Waals surface area contributed by atoms with E-state index in [4.69, 9.17) is 4.74 Å². The van der Waals surface area contributed by atoms with Gasteiger partial charge in [-0.05, 0) is 46.1 Å². The SMILES string of the molecule is Cc1ccc(C2(CC=O)CCN(C(=O)OC(C)(C)C)CC2)cc1. The van der Waals surface area contributed by atoms with Gasteiger partial charge in [0.1, 0.15) is 11.9 Å². The van der Waals surface area contributed by atoms with E-state index in [2.05, 4.69) is 31.2 Å². The minimum atomic E-state index is -0.481. The van der Waals surface area contributed by atoms with Crippen LogP contribution in [0.3, 0.4) is 0 Å². The monoisotopic (exact) mass is 317 g/mol. The predicted molar refractivity (Wildman–Crippen MR) is 90.6 cm³/mol. The Bertz CT molecular complexity index is 549. The van der Waals surface area contributed by atoms with E-state index in [0.29, 0.717) is 19.5 Å². The number of carbonyl (C=O) groups excluding carboxylic acids is 2. The molecule has 4 nitrogen and oxygen atoms in total. The molecule has 126 valence electrons. The molecule has 0 unspecified atom stereocenters. The molecule has 0 bridgehead atoms. The van der Waals surface area contributed by atoms with Gasteiger partial charge in [-0.3, -0.25) is 0 Å². The van der Waals surface area contributed by atoms with Gasteiger partial charge in [-0.1, -0.05) is 29.8 Å². The van der Waals surface area contributed by atoms with E-state index >= 15 is 0 Å². The van der Waals surface area contributed by atoms with Crippen molar-refractivity contribution in [2.45, 2.75) is 58.0 Å². The van der Waals surface area contributed by atoms with Gasteiger partial charge >= 0.3 is 6.09 Å². The lowest BCUT2D eigenvalue weighted by Crippen LogP contribution is -2.47. The molecular formula is C19H27NO3. The first kappa shape index (κ1) is 17.5. The third-order valence-electron chi connectivity index (χ3n) is 4.51. The summed E-state index contributed by atoms with van der Waals surface area (Å²) in [5, 5.41) is 0. The average Bonchev–Trinajstić information content (AvgIpc) is 2.47. The Morgan fingerprint density at radius 3 is 2.26 bits per heavy atom. The Balaban J connectivity index is 2.10. The lowest BCUT2D eigenvalue weighted by molar-refractivity contribution is -0.109. The Morgan fingerprint density at radius 1 is 1.22 bits per heavy atom. The first-order chi connectivity index (χ1) is 10.8. The van der Waals surface area contributed by atoms with Crippen LogP contribution in [0.15, 0.2) is 24.3 Å². The molecule has 0 aliphatic carbocycles. The van der Waals surface area contributed by atoms with Crippen LogP contribution in [0, 0.1) is 6.92 Å². The number of hydrogen-bond donors (Lipinski definition) is 0. The van der Waals surface area contributed by atoms with Crippen molar-refractivity contribution in [3.8, 4) is 0 Å². The number of piperidine rings is 1. The van der Waals surface area contributed by atoms with Crippen LogP contribution in [0.25, 0.3) is 0 Å². The number of rotatable bonds is 3. The van der Waals surface area contributed by atoms with Crippen LogP contribution < -0.4 is 0 Å². The Labute approximate surface area is 138 Å². The van der Waals surface area contributed by atoms with E-state index < -0.39 is 5.60 Å². The summed E-state index contributed by atoms with van der Waals surface area (Å²) in [6.07, 6.45) is 2.81. The highest BCUT2D eigenvalue weighted by atomic mass is 16.6. The highest BCUT2D eigenvalue weighted by molar-refractivity contribution is 5.68. The van der Waals surface area contributed by atoms with Gasteiger partial charge in [-0.15, -0.1) is 0 Å². The first-order valence-electron chi connectivity index (χ1n) is 8.24. The normalized spacial score (nSPS) is 17.7. The van der Waals surface area contributed by atoms with Gasteiger partial charge in [0, 0.05) is 24.9 Å². The molecule has 1 saturated heterocycles. The molecule has 4 heteroatoms. The van der Waals surface area contributed by atoms with Crippen LogP contribution in [-0.4, -0.2) is 36.0 Å². The maximum Gasteiger partial charge on any atom is 0.410 e.